The monoisotopic (exact) mass is 341 g/mol. The van der Waals surface area contributed by atoms with Crippen LogP contribution >= 0.6 is 27.5 Å². The van der Waals surface area contributed by atoms with E-state index < -0.39 is 0 Å². The Morgan fingerprint density at radius 1 is 1.26 bits per heavy atom. The van der Waals surface area contributed by atoms with Crippen LogP contribution < -0.4 is 5.32 Å². The molecule has 1 N–H and O–H groups in total. The van der Waals surface area contributed by atoms with Gasteiger partial charge in [-0.05, 0) is 59.1 Å². The van der Waals surface area contributed by atoms with Crippen molar-refractivity contribution in [2.24, 2.45) is 0 Å². The molecule has 0 aliphatic rings. The SMILES string of the molecule is Cc1ccc(C(C)Nc2cccc(Cl)c2Br)cc1F. The zero-order valence-corrected chi connectivity index (χ0v) is 13.0. The van der Waals surface area contributed by atoms with Crippen molar-refractivity contribution < 1.29 is 4.39 Å². The lowest BCUT2D eigenvalue weighted by molar-refractivity contribution is 0.614. The van der Waals surface area contributed by atoms with E-state index in [-0.39, 0.29) is 11.9 Å². The Hall–Kier alpha value is -1.06. The minimum Gasteiger partial charge on any atom is -0.378 e. The predicted octanol–water partition coefficient (Wildman–Crippen LogP) is 5.72. The van der Waals surface area contributed by atoms with E-state index in [4.69, 9.17) is 11.6 Å². The number of benzene rings is 2. The summed E-state index contributed by atoms with van der Waals surface area (Å²) >= 11 is 9.48. The molecule has 19 heavy (non-hydrogen) atoms. The van der Waals surface area contributed by atoms with Crippen LogP contribution in [0.15, 0.2) is 40.9 Å². The van der Waals surface area contributed by atoms with Gasteiger partial charge in [0.25, 0.3) is 0 Å². The number of rotatable bonds is 3. The van der Waals surface area contributed by atoms with E-state index in [0.29, 0.717) is 10.6 Å². The minimum atomic E-state index is -0.184. The van der Waals surface area contributed by atoms with Crippen LogP contribution in [0.5, 0.6) is 0 Å². The minimum absolute atomic E-state index is 0.00938. The van der Waals surface area contributed by atoms with Gasteiger partial charge in [0.15, 0.2) is 0 Å². The average molecular weight is 343 g/mol. The fourth-order valence-electron chi connectivity index (χ4n) is 1.81. The number of hydrogen-bond acceptors (Lipinski definition) is 1. The summed E-state index contributed by atoms with van der Waals surface area (Å²) in [5.41, 5.74) is 2.44. The maximum atomic E-state index is 13.6. The maximum absolute atomic E-state index is 13.6. The Morgan fingerprint density at radius 2 is 2.00 bits per heavy atom. The highest BCUT2D eigenvalue weighted by molar-refractivity contribution is 9.10. The molecule has 2 rings (SSSR count). The fraction of sp³-hybridized carbons (Fsp3) is 0.200. The highest BCUT2D eigenvalue weighted by atomic mass is 79.9. The van der Waals surface area contributed by atoms with Gasteiger partial charge in [-0.3, -0.25) is 0 Å². The zero-order chi connectivity index (χ0) is 14.0. The van der Waals surface area contributed by atoms with Crippen molar-refractivity contribution in [3.8, 4) is 0 Å². The molecule has 2 aromatic carbocycles. The molecule has 1 nitrogen and oxygen atoms in total. The van der Waals surface area contributed by atoms with E-state index in [9.17, 15) is 4.39 Å². The normalized spacial score (nSPS) is 12.3. The number of anilines is 1. The number of hydrogen-bond donors (Lipinski definition) is 1. The third kappa shape index (κ3) is 3.28. The largest absolute Gasteiger partial charge is 0.378 e. The van der Waals surface area contributed by atoms with Crippen molar-refractivity contribution in [2.45, 2.75) is 19.9 Å². The molecule has 4 heteroatoms. The lowest BCUT2D eigenvalue weighted by atomic mass is 10.1. The first kappa shape index (κ1) is 14.4. The second-order valence-electron chi connectivity index (χ2n) is 4.48. The summed E-state index contributed by atoms with van der Waals surface area (Å²) in [5, 5.41) is 3.96. The number of aryl methyl sites for hydroxylation is 1. The second kappa shape index (κ2) is 5.93. The molecule has 100 valence electrons. The summed E-state index contributed by atoms with van der Waals surface area (Å²) in [5.74, 6) is -0.184. The van der Waals surface area contributed by atoms with Gasteiger partial charge in [0.2, 0.25) is 0 Å². The van der Waals surface area contributed by atoms with E-state index in [1.807, 2.05) is 31.2 Å². The van der Waals surface area contributed by atoms with E-state index in [1.54, 1.807) is 19.1 Å². The first-order chi connectivity index (χ1) is 8.99. The second-order valence-corrected chi connectivity index (χ2v) is 5.68. The highest BCUT2D eigenvalue weighted by Crippen LogP contribution is 2.32. The zero-order valence-electron chi connectivity index (χ0n) is 10.7. The van der Waals surface area contributed by atoms with Gasteiger partial charge in [0, 0.05) is 6.04 Å². The summed E-state index contributed by atoms with van der Waals surface area (Å²) in [7, 11) is 0. The van der Waals surface area contributed by atoms with Crippen LogP contribution in [0.2, 0.25) is 5.02 Å². The van der Waals surface area contributed by atoms with Crippen molar-refractivity contribution in [1.82, 2.24) is 0 Å². The topological polar surface area (TPSA) is 12.0 Å². The molecule has 0 saturated carbocycles. The lowest BCUT2D eigenvalue weighted by Gasteiger charge is -2.17. The molecule has 0 fully saturated rings. The molecule has 0 aromatic heterocycles. The molecule has 1 atom stereocenters. The van der Waals surface area contributed by atoms with Crippen LogP contribution in [0.1, 0.15) is 24.1 Å². The molecule has 0 spiro atoms. The van der Waals surface area contributed by atoms with Gasteiger partial charge in [0.05, 0.1) is 15.2 Å². The van der Waals surface area contributed by atoms with E-state index >= 15 is 0 Å². The summed E-state index contributed by atoms with van der Waals surface area (Å²) in [6.45, 7) is 3.74. The summed E-state index contributed by atoms with van der Waals surface area (Å²) < 4.78 is 14.4. The Bertz CT molecular complexity index is 601. The Labute approximate surface area is 125 Å². The lowest BCUT2D eigenvalue weighted by Crippen LogP contribution is -2.07. The fourth-order valence-corrected chi connectivity index (χ4v) is 2.36. The van der Waals surface area contributed by atoms with Crippen LogP contribution in [0.4, 0.5) is 10.1 Å². The number of halogens is 3. The molecule has 0 saturated heterocycles. The van der Waals surface area contributed by atoms with Gasteiger partial charge in [-0.25, -0.2) is 4.39 Å². The van der Waals surface area contributed by atoms with E-state index in [1.165, 1.54) is 0 Å². The molecule has 2 aromatic rings. The Balaban J connectivity index is 2.23. The van der Waals surface area contributed by atoms with Gasteiger partial charge in [-0.15, -0.1) is 0 Å². The van der Waals surface area contributed by atoms with E-state index in [2.05, 4.69) is 21.2 Å². The van der Waals surface area contributed by atoms with Gasteiger partial charge in [0.1, 0.15) is 5.82 Å². The summed E-state index contributed by atoms with van der Waals surface area (Å²) in [6, 6.07) is 10.9. The molecular weight excluding hydrogens is 329 g/mol. The number of nitrogens with one attached hydrogen (secondary N) is 1. The molecule has 0 aliphatic carbocycles. The predicted molar refractivity (Wildman–Crippen MR) is 82.3 cm³/mol. The van der Waals surface area contributed by atoms with Gasteiger partial charge in [-0.2, -0.15) is 0 Å². The molecule has 0 heterocycles. The van der Waals surface area contributed by atoms with Crippen LogP contribution in [0, 0.1) is 12.7 Å². The average Bonchev–Trinajstić information content (AvgIpc) is 2.38. The summed E-state index contributed by atoms with van der Waals surface area (Å²) in [4.78, 5) is 0. The van der Waals surface area contributed by atoms with Crippen LogP contribution in [0.3, 0.4) is 0 Å². The van der Waals surface area contributed by atoms with Crippen molar-refractivity contribution in [2.75, 3.05) is 5.32 Å². The quantitative estimate of drug-likeness (QED) is 0.752. The smallest absolute Gasteiger partial charge is 0.126 e. The van der Waals surface area contributed by atoms with Gasteiger partial charge >= 0.3 is 0 Å². The van der Waals surface area contributed by atoms with Crippen molar-refractivity contribution in [3.63, 3.8) is 0 Å². The molecule has 0 radical (unpaired) electrons. The van der Waals surface area contributed by atoms with Crippen LogP contribution in [0.25, 0.3) is 0 Å². The molecular formula is C15H14BrClFN. The van der Waals surface area contributed by atoms with Gasteiger partial charge < -0.3 is 5.32 Å². The highest BCUT2D eigenvalue weighted by Gasteiger charge is 2.10. The van der Waals surface area contributed by atoms with E-state index in [0.717, 1.165) is 15.7 Å². The summed E-state index contributed by atoms with van der Waals surface area (Å²) in [6.07, 6.45) is 0. The first-order valence-corrected chi connectivity index (χ1v) is 7.12. The molecule has 0 bridgehead atoms. The Morgan fingerprint density at radius 3 is 2.68 bits per heavy atom. The van der Waals surface area contributed by atoms with Crippen LogP contribution in [-0.2, 0) is 0 Å². The van der Waals surface area contributed by atoms with Gasteiger partial charge in [-0.1, -0.05) is 29.8 Å². The molecule has 0 aliphatic heterocycles. The Kier molecular flexibility index (Phi) is 4.48. The van der Waals surface area contributed by atoms with Crippen molar-refractivity contribution >= 4 is 33.2 Å². The molecule has 1 unspecified atom stereocenters. The first-order valence-electron chi connectivity index (χ1n) is 5.95. The van der Waals surface area contributed by atoms with Crippen molar-refractivity contribution in [3.05, 3.63) is 62.8 Å². The third-order valence-electron chi connectivity index (χ3n) is 3.02. The molecule has 0 amide bonds. The third-order valence-corrected chi connectivity index (χ3v) is 4.42. The van der Waals surface area contributed by atoms with Crippen LogP contribution in [-0.4, -0.2) is 0 Å². The standard InChI is InChI=1S/C15H14BrClFN/c1-9-6-7-11(8-13(9)18)10(2)19-14-5-3-4-12(17)15(14)16/h3-8,10,19H,1-2H3. The van der Waals surface area contributed by atoms with Crippen molar-refractivity contribution in [1.29, 1.82) is 0 Å². The maximum Gasteiger partial charge on any atom is 0.126 e.